The number of nitrogens with one attached hydrogen (secondary N) is 1. The van der Waals surface area contributed by atoms with Crippen molar-refractivity contribution in [3.63, 3.8) is 0 Å². The minimum atomic E-state index is -0.349. The second-order valence-electron chi connectivity index (χ2n) is 4.18. The molecule has 5 nitrogen and oxygen atoms in total. The van der Waals surface area contributed by atoms with Crippen molar-refractivity contribution in [2.45, 2.75) is 0 Å². The number of anilines is 1. The van der Waals surface area contributed by atoms with E-state index in [4.69, 9.17) is 22.1 Å². The zero-order chi connectivity index (χ0) is 15.9. The van der Waals surface area contributed by atoms with Crippen molar-refractivity contribution in [1.82, 2.24) is 0 Å². The molecule has 0 amide bonds. The maximum absolute atomic E-state index is 12.5. The van der Waals surface area contributed by atoms with Crippen LogP contribution < -0.4 is 5.43 Å². The molecule has 0 saturated heterocycles. The van der Waals surface area contributed by atoms with Crippen LogP contribution in [-0.4, -0.2) is 11.5 Å². The molecule has 0 radical (unpaired) electrons. The minimum Gasteiger partial charge on any atom is -0.289 e. The highest BCUT2D eigenvalue weighted by atomic mass is 35.5. The Hall–Kier alpha value is -3.15. The molecule has 0 saturated carbocycles. The van der Waals surface area contributed by atoms with E-state index < -0.39 is 0 Å². The Balaban J connectivity index is 2.41. The van der Waals surface area contributed by atoms with Gasteiger partial charge in [-0.25, -0.2) is 0 Å². The number of benzene rings is 2. The number of halogens is 1. The summed E-state index contributed by atoms with van der Waals surface area (Å²) in [7, 11) is 0. The van der Waals surface area contributed by atoms with E-state index in [1.54, 1.807) is 48.5 Å². The Kier molecular flexibility index (Phi) is 4.87. The molecule has 0 fully saturated rings. The van der Waals surface area contributed by atoms with E-state index in [-0.39, 0.29) is 11.5 Å². The zero-order valence-corrected chi connectivity index (χ0v) is 12.0. The molecule has 0 spiro atoms. The third-order valence-electron chi connectivity index (χ3n) is 2.76. The number of rotatable bonds is 4. The molecule has 0 aromatic heterocycles. The molecular formula is C16H9ClN4O. The summed E-state index contributed by atoms with van der Waals surface area (Å²) in [4.78, 5) is 12.5. The van der Waals surface area contributed by atoms with Gasteiger partial charge in [0.2, 0.25) is 5.71 Å². The fourth-order valence-electron chi connectivity index (χ4n) is 1.74. The molecule has 0 bridgehead atoms. The van der Waals surface area contributed by atoms with Crippen molar-refractivity contribution in [2.75, 3.05) is 5.43 Å². The second kappa shape index (κ2) is 7.03. The van der Waals surface area contributed by atoms with Gasteiger partial charge in [0.25, 0.3) is 0 Å². The molecule has 0 aliphatic rings. The normalized spacial score (nSPS) is 9.23. The molecule has 6 heteroatoms. The standard InChI is InChI=1S/C16H9ClN4O/c17-12-6-7-14(16(22)11-4-2-1-3-5-11)15(8-12)21-20-13(9-18)10-19/h1-8,21H. The molecule has 2 rings (SSSR count). The Bertz CT molecular complexity index is 800. The molecule has 106 valence electrons. The van der Waals surface area contributed by atoms with Crippen LogP contribution >= 0.6 is 11.6 Å². The van der Waals surface area contributed by atoms with Crippen LogP contribution in [0, 0.1) is 22.7 Å². The quantitative estimate of drug-likeness (QED) is 0.532. The first-order valence-electron chi connectivity index (χ1n) is 6.19. The number of carbonyl (C=O) groups is 1. The van der Waals surface area contributed by atoms with Gasteiger partial charge in [-0.15, -0.1) is 0 Å². The Labute approximate surface area is 132 Å². The molecule has 0 atom stereocenters. The van der Waals surface area contributed by atoms with Gasteiger partial charge in [-0.05, 0) is 18.2 Å². The van der Waals surface area contributed by atoms with E-state index in [9.17, 15) is 4.79 Å². The smallest absolute Gasteiger partial charge is 0.237 e. The van der Waals surface area contributed by atoms with Gasteiger partial charge in [0.1, 0.15) is 12.1 Å². The van der Waals surface area contributed by atoms with E-state index in [1.807, 2.05) is 6.07 Å². The molecule has 0 aliphatic carbocycles. The summed E-state index contributed by atoms with van der Waals surface area (Å²) >= 11 is 5.92. The largest absolute Gasteiger partial charge is 0.289 e. The second-order valence-corrected chi connectivity index (χ2v) is 4.62. The van der Waals surface area contributed by atoms with Crippen molar-refractivity contribution in [3.05, 3.63) is 64.7 Å². The SMILES string of the molecule is N#CC(C#N)=NNc1cc(Cl)ccc1C(=O)c1ccccc1. The predicted octanol–water partition coefficient (Wildman–Crippen LogP) is 3.39. The van der Waals surface area contributed by atoms with Gasteiger partial charge in [-0.3, -0.25) is 10.2 Å². The van der Waals surface area contributed by atoms with Crippen LogP contribution in [0.3, 0.4) is 0 Å². The highest BCUT2D eigenvalue weighted by Crippen LogP contribution is 2.23. The highest BCUT2D eigenvalue weighted by molar-refractivity contribution is 6.31. The van der Waals surface area contributed by atoms with E-state index in [2.05, 4.69) is 10.5 Å². The first kappa shape index (κ1) is 15.2. The van der Waals surface area contributed by atoms with Crippen molar-refractivity contribution in [2.24, 2.45) is 5.10 Å². The Morgan fingerprint density at radius 3 is 2.41 bits per heavy atom. The first-order chi connectivity index (χ1) is 10.7. The summed E-state index contributed by atoms with van der Waals surface area (Å²) in [6, 6.07) is 16.6. The van der Waals surface area contributed by atoms with Crippen molar-refractivity contribution >= 4 is 28.8 Å². The Morgan fingerprint density at radius 1 is 1.09 bits per heavy atom. The fourth-order valence-corrected chi connectivity index (χ4v) is 1.92. The van der Waals surface area contributed by atoms with E-state index in [0.717, 1.165) is 0 Å². The molecule has 2 aromatic carbocycles. The molecule has 22 heavy (non-hydrogen) atoms. The van der Waals surface area contributed by atoms with Gasteiger partial charge in [0.05, 0.1) is 5.69 Å². The summed E-state index contributed by atoms with van der Waals surface area (Å²) in [5.41, 5.74) is 3.37. The average molecular weight is 309 g/mol. The highest BCUT2D eigenvalue weighted by Gasteiger charge is 2.14. The van der Waals surface area contributed by atoms with Crippen molar-refractivity contribution in [3.8, 4) is 12.1 Å². The van der Waals surface area contributed by atoms with Crippen LogP contribution in [0.25, 0.3) is 0 Å². The third-order valence-corrected chi connectivity index (χ3v) is 3.00. The molecule has 0 unspecified atom stereocenters. The number of hydrazone groups is 1. The molecule has 1 N–H and O–H groups in total. The molecule has 2 aromatic rings. The number of carbonyl (C=O) groups excluding carboxylic acids is 1. The minimum absolute atomic E-state index is 0.217. The van der Waals surface area contributed by atoms with Gasteiger partial charge in [0.15, 0.2) is 5.78 Å². The number of nitriles is 2. The summed E-state index contributed by atoms with van der Waals surface area (Å²) in [5.74, 6) is -0.217. The van der Waals surface area contributed by atoms with Gasteiger partial charge < -0.3 is 0 Å². The van der Waals surface area contributed by atoms with Gasteiger partial charge in [0, 0.05) is 16.1 Å². The van der Waals surface area contributed by atoms with Crippen LogP contribution in [0.15, 0.2) is 53.6 Å². The van der Waals surface area contributed by atoms with Crippen molar-refractivity contribution < 1.29 is 4.79 Å². The van der Waals surface area contributed by atoms with Crippen LogP contribution in [0.4, 0.5) is 5.69 Å². The monoisotopic (exact) mass is 308 g/mol. The van der Waals surface area contributed by atoms with Crippen LogP contribution in [-0.2, 0) is 0 Å². The average Bonchev–Trinajstić information content (AvgIpc) is 2.56. The topological polar surface area (TPSA) is 89.0 Å². The number of hydrogen-bond acceptors (Lipinski definition) is 5. The third kappa shape index (κ3) is 3.49. The van der Waals surface area contributed by atoms with E-state index in [0.29, 0.717) is 21.8 Å². The fraction of sp³-hybridized carbons (Fsp3) is 0. The summed E-state index contributed by atoms with van der Waals surface area (Å²) < 4.78 is 0. The lowest BCUT2D eigenvalue weighted by Gasteiger charge is -2.08. The first-order valence-corrected chi connectivity index (χ1v) is 6.56. The number of ketones is 1. The van der Waals surface area contributed by atoms with Gasteiger partial charge in [-0.2, -0.15) is 15.6 Å². The Morgan fingerprint density at radius 2 is 1.77 bits per heavy atom. The molecule has 0 aliphatic heterocycles. The van der Waals surface area contributed by atoms with Gasteiger partial charge in [-0.1, -0.05) is 41.9 Å². The van der Waals surface area contributed by atoms with Crippen LogP contribution in [0.1, 0.15) is 15.9 Å². The summed E-state index contributed by atoms with van der Waals surface area (Å²) in [5, 5.41) is 21.4. The molecular weight excluding hydrogens is 300 g/mol. The van der Waals surface area contributed by atoms with Crippen LogP contribution in [0.2, 0.25) is 5.02 Å². The van der Waals surface area contributed by atoms with Crippen LogP contribution in [0.5, 0.6) is 0 Å². The number of nitrogens with zero attached hydrogens (tertiary/aromatic N) is 3. The molecule has 0 heterocycles. The summed E-state index contributed by atoms with van der Waals surface area (Å²) in [6.07, 6.45) is 0. The summed E-state index contributed by atoms with van der Waals surface area (Å²) in [6.45, 7) is 0. The lowest BCUT2D eigenvalue weighted by atomic mass is 10.0. The van der Waals surface area contributed by atoms with E-state index >= 15 is 0 Å². The lowest BCUT2D eigenvalue weighted by molar-refractivity contribution is 0.103. The maximum atomic E-state index is 12.5. The number of hydrogen-bond donors (Lipinski definition) is 1. The van der Waals surface area contributed by atoms with Crippen molar-refractivity contribution in [1.29, 1.82) is 10.5 Å². The predicted molar refractivity (Wildman–Crippen MR) is 83.6 cm³/mol. The lowest BCUT2D eigenvalue weighted by Crippen LogP contribution is -2.06. The maximum Gasteiger partial charge on any atom is 0.237 e. The zero-order valence-electron chi connectivity index (χ0n) is 11.2. The van der Waals surface area contributed by atoms with Gasteiger partial charge >= 0.3 is 0 Å². The van der Waals surface area contributed by atoms with E-state index in [1.165, 1.54) is 6.07 Å².